The van der Waals surface area contributed by atoms with E-state index >= 15 is 0 Å². The maximum atomic E-state index is 11.4. The van der Waals surface area contributed by atoms with Crippen LogP contribution in [0.3, 0.4) is 0 Å². The van der Waals surface area contributed by atoms with Crippen LogP contribution in [0, 0.1) is 0 Å². The van der Waals surface area contributed by atoms with Crippen molar-refractivity contribution in [2.45, 2.75) is 44.9 Å². The van der Waals surface area contributed by atoms with Gasteiger partial charge >= 0.3 is 0 Å². The molecule has 3 rings (SSSR count). The summed E-state index contributed by atoms with van der Waals surface area (Å²) in [6, 6.07) is 18.6. The molecule has 0 radical (unpaired) electrons. The highest BCUT2D eigenvalue weighted by Crippen LogP contribution is 2.26. The lowest BCUT2D eigenvalue weighted by Gasteiger charge is -2.35. The number of carbonyl (C=O) groups excluding carboxylic acids is 1. The van der Waals surface area contributed by atoms with E-state index in [1.807, 2.05) is 36.4 Å². The molecular weight excluding hydrogens is 312 g/mol. The maximum absolute atomic E-state index is 11.4. The van der Waals surface area contributed by atoms with Crippen LogP contribution < -0.4 is 10.5 Å². The van der Waals surface area contributed by atoms with Crippen LogP contribution in [-0.4, -0.2) is 23.4 Å². The molecule has 25 heavy (non-hydrogen) atoms. The highest BCUT2D eigenvalue weighted by Gasteiger charge is 2.24. The van der Waals surface area contributed by atoms with Crippen LogP contribution in [-0.2, 0) is 17.9 Å². The molecule has 0 saturated carbocycles. The molecule has 0 bridgehead atoms. The summed E-state index contributed by atoms with van der Waals surface area (Å²) >= 11 is 0. The summed E-state index contributed by atoms with van der Waals surface area (Å²) in [5.41, 5.74) is 7.75. The van der Waals surface area contributed by atoms with E-state index in [0.717, 1.165) is 36.4 Å². The fraction of sp³-hybridized carbons (Fsp3) is 0.381. The van der Waals surface area contributed by atoms with Gasteiger partial charge in [-0.15, -0.1) is 0 Å². The average Bonchev–Trinajstić information content (AvgIpc) is 2.63. The van der Waals surface area contributed by atoms with Gasteiger partial charge in [0, 0.05) is 24.6 Å². The molecule has 0 aromatic heterocycles. The first-order chi connectivity index (χ1) is 12.2. The Balaban J connectivity index is 1.68. The second kappa shape index (κ2) is 8.67. The molecular formula is C21H26N2O2. The molecule has 1 amide bonds. The van der Waals surface area contributed by atoms with Gasteiger partial charge < -0.3 is 10.5 Å². The summed E-state index contributed by atoms with van der Waals surface area (Å²) in [7, 11) is 0. The monoisotopic (exact) mass is 338 g/mol. The summed E-state index contributed by atoms with van der Waals surface area (Å²) in [6.07, 6.45) is 3.81. The van der Waals surface area contributed by atoms with Crippen molar-refractivity contribution in [2.75, 3.05) is 6.54 Å². The molecule has 132 valence electrons. The van der Waals surface area contributed by atoms with Crippen molar-refractivity contribution >= 4 is 5.91 Å². The van der Waals surface area contributed by atoms with E-state index in [4.69, 9.17) is 10.5 Å². The molecule has 1 aliphatic heterocycles. The van der Waals surface area contributed by atoms with Gasteiger partial charge in [0.25, 0.3) is 0 Å². The number of benzene rings is 2. The normalized spacial score (nSPS) is 18.0. The Kier molecular flexibility index (Phi) is 6.07. The summed E-state index contributed by atoms with van der Waals surface area (Å²) in [5, 5.41) is 0. The third-order valence-electron chi connectivity index (χ3n) is 4.77. The molecule has 4 nitrogen and oxygen atoms in total. The highest BCUT2D eigenvalue weighted by atomic mass is 16.5. The van der Waals surface area contributed by atoms with Crippen LogP contribution in [0.5, 0.6) is 5.75 Å². The second-order valence-electron chi connectivity index (χ2n) is 6.67. The van der Waals surface area contributed by atoms with Crippen molar-refractivity contribution in [3.8, 4) is 5.75 Å². The number of hydrogen-bond acceptors (Lipinski definition) is 3. The lowest BCUT2D eigenvalue weighted by Crippen LogP contribution is -2.41. The summed E-state index contributed by atoms with van der Waals surface area (Å²) in [5.74, 6) is 0.695. The SMILES string of the molecule is NC(=O)C[C@@H]1CCCCN1Cc1ccccc1OCc1ccccc1. The lowest BCUT2D eigenvalue weighted by atomic mass is 9.98. The molecule has 1 saturated heterocycles. The van der Waals surface area contributed by atoms with Gasteiger partial charge in [-0.3, -0.25) is 9.69 Å². The fourth-order valence-corrected chi connectivity index (χ4v) is 3.46. The van der Waals surface area contributed by atoms with Crippen molar-refractivity contribution in [2.24, 2.45) is 5.73 Å². The minimum atomic E-state index is -0.217. The zero-order valence-electron chi connectivity index (χ0n) is 14.6. The van der Waals surface area contributed by atoms with Crippen LogP contribution in [0.25, 0.3) is 0 Å². The van der Waals surface area contributed by atoms with Crippen LogP contribution in [0.15, 0.2) is 54.6 Å². The molecule has 1 fully saturated rings. The molecule has 2 aromatic rings. The number of primary amides is 1. The van der Waals surface area contributed by atoms with Gasteiger partial charge in [-0.2, -0.15) is 0 Å². The second-order valence-corrected chi connectivity index (χ2v) is 6.67. The summed E-state index contributed by atoms with van der Waals surface area (Å²) in [4.78, 5) is 13.7. The van der Waals surface area contributed by atoms with Crippen molar-refractivity contribution in [3.63, 3.8) is 0 Å². The number of nitrogens with zero attached hydrogens (tertiary/aromatic N) is 1. The van der Waals surface area contributed by atoms with E-state index in [2.05, 4.69) is 23.1 Å². The van der Waals surface area contributed by atoms with Crippen molar-refractivity contribution in [1.82, 2.24) is 4.90 Å². The summed E-state index contributed by atoms with van der Waals surface area (Å²) < 4.78 is 6.06. The number of amides is 1. The Morgan fingerprint density at radius 2 is 1.84 bits per heavy atom. The minimum Gasteiger partial charge on any atom is -0.489 e. The number of ether oxygens (including phenoxy) is 1. The van der Waals surface area contributed by atoms with Gasteiger partial charge in [0.15, 0.2) is 0 Å². The number of hydrogen-bond donors (Lipinski definition) is 1. The molecule has 0 spiro atoms. The average molecular weight is 338 g/mol. The first-order valence-electron chi connectivity index (χ1n) is 8.99. The Morgan fingerprint density at radius 3 is 2.64 bits per heavy atom. The predicted octanol–water partition coefficient (Wildman–Crippen LogP) is 3.50. The van der Waals surface area contributed by atoms with Crippen molar-refractivity contribution in [1.29, 1.82) is 0 Å². The molecule has 1 aliphatic rings. The number of carbonyl (C=O) groups is 1. The third-order valence-corrected chi connectivity index (χ3v) is 4.77. The van der Waals surface area contributed by atoms with Gasteiger partial charge in [0.2, 0.25) is 5.91 Å². The first-order valence-corrected chi connectivity index (χ1v) is 8.99. The van der Waals surface area contributed by atoms with E-state index in [0.29, 0.717) is 13.0 Å². The number of likely N-dealkylation sites (tertiary alicyclic amines) is 1. The quantitative estimate of drug-likeness (QED) is 0.841. The molecule has 1 heterocycles. The van der Waals surface area contributed by atoms with Crippen LogP contribution in [0.1, 0.15) is 36.8 Å². The Morgan fingerprint density at radius 1 is 1.08 bits per heavy atom. The molecule has 0 unspecified atom stereocenters. The van der Waals surface area contributed by atoms with Crippen LogP contribution >= 0.6 is 0 Å². The zero-order valence-corrected chi connectivity index (χ0v) is 14.6. The molecule has 1 atom stereocenters. The highest BCUT2D eigenvalue weighted by molar-refractivity contribution is 5.74. The number of nitrogens with two attached hydrogens (primary N) is 1. The maximum Gasteiger partial charge on any atom is 0.218 e. The van der Waals surface area contributed by atoms with Crippen molar-refractivity contribution in [3.05, 3.63) is 65.7 Å². The number of rotatable bonds is 7. The van der Waals surface area contributed by atoms with E-state index in [9.17, 15) is 4.79 Å². The number of para-hydroxylation sites is 1. The van der Waals surface area contributed by atoms with E-state index < -0.39 is 0 Å². The Labute approximate surface area is 149 Å². The summed E-state index contributed by atoms with van der Waals surface area (Å²) in [6.45, 7) is 2.36. The van der Waals surface area contributed by atoms with Gasteiger partial charge in [-0.25, -0.2) is 0 Å². The molecule has 2 N–H and O–H groups in total. The van der Waals surface area contributed by atoms with Gasteiger partial charge in [-0.05, 0) is 31.0 Å². The minimum absolute atomic E-state index is 0.217. The van der Waals surface area contributed by atoms with Crippen LogP contribution in [0.2, 0.25) is 0 Å². The van der Waals surface area contributed by atoms with E-state index in [1.54, 1.807) is 0 Å². The zero-order chi connectivity index (χ0) is 17.5. The standard InChI is InChI=1S/C21H26N2O2/c22-21(24)14-19-11-6-7-13-23(19)15-18-10-4-5-12-20(18)25-16-17-8-2-1-3-9-17/h1-5,8-10,12,19H,6-7,11,13-16H2,(H2,22,24)/t19-/m0/s1. The molecule has 2 aromatic carbocycles. The lowest BCUT2D eigenvalue weighted by molar-refractivity contribution is -0.119. The van der Waals surface area contributed by atoms with Gasteiger partial charge in [-0.1, -0.05) is 55.0 Å². The third kappa shape index (κ3) is 5.07. The molecule has 4 heteroatoms. The largest absolute Gasteiger partial charge is 0.489 e. The van der Waals surface area contributed by atoms with Gasteiger partial charge in [0.05, 0.1) is 0 Å². The first kappa shape index (κ1) is 17.5. The van der Waals surface area contributed by atoms with Gasteiger partial charge in [0.1, 0.15) is 12.4 Å². The fourth-order valence-electron chi connectivity index (χ4n) is 3.46. The topological polar surface area (TPSA) is 55.6 Å². The van der Waals surface area contributed by atoms with E-state index in [1.165, 1.54) is 12.8 Å². The molecule has 0 aliphatic carbocycles. The van der Waals surface area contributed by atoms with Crippen LogP contribution in [0.4, 0.5) is 0 Å². The van der Waals surface area contributed by atoms with E-state index in [-0.39, 0.29) is 11.9 Å². The van der Waals surface area contributed by atoms with Crippen molar-refractivity contribution < 1.29 is 9.53 Å². The Hall–Kier alpha value is -2.33. The number of piperidine rings is 1. The smallest absolute Gasteiger partial charge is 0.218 e. The predicted molar refractivity (Wildman–Crippen MR) is 99.1 cm³/mol. The Bertz CT molecular complexity index is 687.